The fourth-order valence-corrected chi connectivity index (χ4v) is 0.669. The third-order valence-corrected chi connectivity index (χ3v) is 1.11. The second kappa shape index (κ2) is 3.54. The van der Waals surface area contributed by atoms with Gasteiger partial charge in [-0.2, -0.15) is 0 Å². The first kappa shape index (κ1) is 6.66. The highest BCUT2D eigenvalue weighted by Gasteiger charge is 1.80. The molecule has 0 aliphatic carbocycles. The Morgan fingerprint density at radius 2 is 2.00 bits per heavy atom. The van der Waals surface area contributed by atoms with Gasteiger partial charge in [-0.05, 0) is 12.1 Å². The van der Waals surface area contributed by atoms with E-state index in [9.17, 15) is 0 Å². The lowest BCUT2D eigenvalue weighted by molar-refractivity contribution is 1.59. The van der Waals surface area contributed by atoms with E-state index in [4.69, 9.17) is 0 Å². The minimum atomic E-state index is 1.05. The minimum absolute atomic E-state index is 1.05. The molecule has 0 radical (unpaired) electrons. The van der Waals surface area contributed by atoms with Crippen molar-refractivity contribution in [1.82, 2.24) is 0 Å². The Bertz CT molecular complexity index is 232. The third kappa shape index (κ3) is 1.81. The minimum Gasteiger partial charge on any atom is -0.355 e. The zero-order valence-corrected chi connectivity index (χ0v) is 5.67. The molecule has 1 rings (SSSR count). The van der Waals surface area contributed by atoms with Crippen molar-refractivity contribution < 1.29 is 0 Å². The topological polar surface area (TPSA) is 12.0 Å². The van der Waals surface area contributed by atoms with E-state index in [0.717, 1.165) is 5.69 Å². The van der Waals surface area contributed by atoms with Crippen molar-refractivity contribution in [3.8, 4) is 0 Å². The van der Waals surface area contributed by atoms with Gasteiger partial charge in [0, 0.05) is 11.9 Å². The number of hydrogen-bond acceptors (Lipinski definition) is 1. The zero-order valence-electron chi connectivity index (χ0n) is 5.67. The van der Waals surface area contributed by atoms with Crippen LogP contribution >= 0.6 is 0 Å². The van der Waals surface area contributed by atoms with Gasteiger partial charge in [-0.1, -0.05) is 24.8 Å². The molecule has 0 aromatic heterocycles. The van der Waals surface area contributed by atoms with E-state index < -0.39 is 0 Å². The average molecular weight is 131 g/mol. The normalized spacial score (nSPS) is 8.00. The van der Waals surface area contributed by atoms with Crippen LogP contribution in [0.3, 0.4) is 0 Å². The Balaban J connectivity index is 2.67. The molecule has 1 N–H and O–H groups in total. The van der Waals surface area contributed by atoms with Gasteiger partial charge in [0.25, 0.3) is 0 Å². The van der Waals surface area contributed by atoms with Crippen LogP contribution in [0.25, 0.3) is 0 Å². The molecule has 1 aromatic rings. The van der Waals surface area contributed by atoms with E-state index in [1.165, 1.54) is 0 Å². The molecule has 0 saturated carbocycles. The van der Waals surface area contributed by atoms with Gasteiger partial charge >= 0.3 is 0 Å². The maximum Gasteiger partial charge on any atom is 0.0435 e. The van der Waals surface area contributed by atoms with E-state index in [-0.39, 0.29) is 0 Å². The number of rotatable bonds is 2. The van der Waals surface area contributed by atoms with E-state index in [1.54, 1.807) is 6.20 Å². The summed E-state index contributed by atoms with van der Waals surface area (Å²) in [6.45, 7) is 3.43. The van der Waals surface area contributed by atoms with Crippen LogP contribution in [0.4, 0.5) is 5.69 Å². The van der Waals surface area contributed by atoms with E-state index >= 15 is 0 Å². The number of para-hydroxylation sites is 1. The number of benzene rings is 1. The van der Waals surface area contributed by atoms with Crippen LogP contribution in [0.2, 0.25) is 0 Å². The molecule has 10 heavy (non-hydrogen) atoms. The Morgan fingerprint density at radius 3 is 2.60 bits per heavy atom. The van der Waals surface area contributed by atoms with Crippen LogP contribution in [0.15, 0.2) is 48.8 Å². The first-order chi connectivity index (χ1) is 4.93. The van der Waals surface area contributed by atoms with Crippen molar-refractivity contribution in [1.29, 1.82) is 0 Å². The van der Waals surface area contributed by atoms with Crippen molar-refractivity contribution in [2.45, 2.75) is 0 Å². The summed E-state index contributed by atoms with van der Waals surface area (Å²) < 4.78 is 0. The Kier molecular flexibility index (Phi) is 2.36. The average Bonchev–Trinajstić information content (AvgIpc) is 2.03. The van der Waals surface area contributed by atoms with Crippen LogP contribution in [-0.4, -0.2) is 0 Å². The number of hydrogen-bond donors (Lipinski definition) is 1. The van der Waals surface area contributed by atoms with Gasteiger partial charge in [0.15, 0.2) is 0 Å². The lowest BCUT2D eigenvalue weighted by Gasteiger charge is -1.95. The monoisotopic (exact) mass is 131 g/mol. The van der Waals surface area contributed by atoms with Crippen molar-refractivity contribution in [2.75, 3.05) is 5.32 Å². The molecule has 1 heteroatoms. The summed E-state index contributed by atoms with van der Waals surface area (Å²) in [4.78, 5) is 0. The SMILES string of the molecule is C=C=CNc1ccccc1. The Labute approximate surface area is 60.7 Å². The summed E-state index contributed by atoms with van der Waals surface area (Å²) in [5.41, 5.74) is 3.68. The van der Waals surface area contributed by atoms with Crippen molar-refractivity contribution >= 4 is 5.69 Å². The van der Waals surface area contributed by atoms with Gasteiger partial charge < -0.3 is 5.32 Å². The highest BCUT2D eigenvalue weighted by Crippen LogP contribution is 2.03. The van der Waals surface area contributed by atoms with Crippen LogP contribution in [0, 0.1) is 0 Å². The molecule has 0 amide bonds. The van der Waals surface area contributed by atoms with E-state index in [0.29, 0.717) is 0 Å². The second-order valence-corrected chi connectivity index (χ2v) is 1.86. The lowest BCUT2D eigenvalue weighted by atomic mass is 10.3. The molecule has 50 valence electrons. The summed E-state index contributed by atoms with van der Waals surface area (Å²) in [7, 11) is 0. The predicted molar refractivity (Wildman–Crippen MR) is 43.8 cm³/mol. The molecule has 0 fully saturated rings. The molecule has 0 heterocycles. The third-order valence-electron chi connectivity index (χ3n) is 1.11. The summed E-state index contributed by atoms with van der Waals surface area (Å²) in [5, 5.41) is 3.00. The van der Waals surface area contributed by atoms with Crippen LogP contribution in [0.1, 0.15) is 0 Å². The maximum absolute atomic E-state index is 3.43. The summed E-state index contributed by atoms with van der Waals surface area (Å²) in [6.07, 6.45) is 1.68. The summed E-state index contributed by atoms with van der Waals surface area (Å²) in [6, 6.07) is 9.88. The Morgan fingerprint density at radius 1 is 1.30 bits per heavy atom. The first-order valence-corrected chi connectivity index (χ1v) is 3.09. The van der Waals surface area contributed by atoms with Crippen LogP contribution in [-0.2, 0) is 0 Å². The summed E-state index contributed by atoms with van der Waals surface area (Å²) in [5.74, 6) is 0. The Hall–Kier alpha value is -1.46. The van der Waals surface area contributed by atoms with Gasteiger partial charge in [-0.15, -0.1) is 5.73 Å². The molecule has 0 aliphatic heterocycles. The predicted octanol–water partition coefficient (Wildman–Crippen LogP) is 2.40. The molecule has 0 bridgehead atoms. The first-order valence-electron chi connectivity index (χ1n) is 3.09. The molecule has 0 unspecified atom stereocenters. The number of nitrogens with one attached hydrogen (secondary N) is 1. The smallest absolute Gasteiger partial charge is 0.0435 e. The quantitative estimate of drug-likeness (QED) is 0.608. The van der Waals surface area contributed by atoms with Gasteiger partial charge in [0.2, 0.25) is 0 Å². The van der Waals surface area contributed by atoms with E-state index in [1.807, 2.05) is 30.3 Å². The molecular weight excluding hydrogens is 122 g/mol. The van der Waals surface area contributed by atoms with Crippen molar-refractivity contribution in [2.24, 2.45) is 0 Å². The maximum atomic E-state index is 3.43. The number of anilines is 1. The molecular formula is C9H9N. The van der Waals surface area contributed by atoms with Crippen molar-refractivity contribution in [3.05, 3.63) is 48.8 Å². The highest BCUT2D eigenvalue weighted by molar-refractivity contribution is 5.44. The van der Waals surface area contributed by atoms with Crippen LogP contribution < -0.4 is 5.32 Å². The van der Waals surface area contributed by atoms with Gasteiger partial charge in [0.1, 0.15) is 0 Å². The highest BCUT2D eigenvalue weighted by atomic mass is 14.8. The lowest BCUT2D eigenvalue weighted by Crippen LogP contribution is -1.83. The van der Waals surface area contributed by atoms with Crippen molar-refractivity contribution in [3.63, 3.8) is 0 Å². The van der Waals surface area contributed by atoms with Gasteiger partial charge in [-0.25, -0.2) is 0 Å². The van der Waals surface area contributed by atoms with Crippen LogP contribution in [0.5, 0.6) is 0 Å². The largest absolute Gasteiger partial charge is 0.355 e. The van der Waals surface area contributed by atoms with Gasteiger partial charge in [0.05, 0.1) is 0 Å². The van der Waals surface area contributed by atoms with E-state index in [2.05, 4.69) is 17.6 Å². The molecule has 1 nitrogen and oxygen atoms in total. The fourth-order valence-electron chi connectivity index (χ4n) is 0.669. The zero-order chi connectivity index (χ0) is 7.23. The second-order valence-electron chi connectivity index (χ2n) is 1.86. The summed E-state index contributed by atoms with van der Waals surface area (Å²) >= 11 is 0. The molecule has 0 aliphatic rings. The molecule has 0 saturated heterocycles. The standard InChI is InChI=1S/C9H9N/c1-2-8-10-9-6-4-3-5-7-9/h3-8,10H,1H2. The molecule has 0 spiro atoms. The molecule has 1 aromatic carbocycles. The fraction of sp³-hybridized carbons (Fsp3) is 0. The molecule has 0 atom stereocenters. The van der Waals surface area contributed by atoms with Gasteiger partial charge in [-0.3, -0.25) is 0 Å².